The number of amides is 1. The molecule has 1 saturated heterocycles. The molecule has 6 nitrogen and oxygen atoms in total. The summed E-state index contributed by atoms with van der Waals surface area (Å²) in [6.45, 7) is 2.74. The van der Waals surface area contributed by atoms with Crippen LogP contribution in [-0.4, -0.2) is 57.0 Å². The first-order valence-corrected chi connectivity index (χ1v) is 8.12. The highest BCUT2D eigenvalue weighted by Gasteiger charge is 2.43. The van der Waals surface area contributed by atoms with Gasteiger partial charge in [0.2, 0.25) is 0 Å². The van der Waals surface area contributed by atoms with Gasteiger partial charge >= 0.3 is 0 Å². The average Bonchev–Trinajstić information content (AvgIpc) is 3.00. The largest absolute Gasteiger partial charge is 0.396 e. The van der Waals surface area contributed by atoms with E-state index in [1.165, 1.54) is 0 Å². The van der Waals surface area contributed by atoms with E-state index in [1.54, 1.807) is 4.90 Å². The maximum absolute atomic E-state index is 12.9. The predicted molar refractivity (Wildman–Crippen MR) is 87.0 cm³/mol. The summed E-state index contributed by atoms with van der Waals surface area (Å²) in [7, 11) is 0. The Hall–Kier alpha value is -1.92. The number of nitrogens with one attached hydrogen (secondary N) is 1. The molecule has 3 rings (SSSR count). The summed E-state index contributed by atoms with van der Waals surface area (Å²) in [6.07, 6.45) is 1.45. The Morgan fingerprint density at radius 2 is 2.26 bits per heavy atom. The molecule has 2 aromatic rings. The molecule has 2 atom stereocenters. The third-order valence-corrected chi connectivity index (χ3v) is 4.91. The number of rotatable bonds is 4. The number of H-pyrrole nitrogens is 1. The predicted octanol–water partition coefficient (Wildman–Crippen LogP) is 1.55. The minimum absolute atomic E-state index is 0.118. The van der Waals surface area contributed by atoms with Crippen molar-refractivity contribution in [2.24, 2.45) is 5.41 Å². The first-order valence-electron chi connectivity index (χ1n) is 8.12. The molecule has 23 heavy (non-hydrogen) atoms. The van der Waals surface area contributed by atoms with Crippen LogP contribution in [0.3, 0.4) is 0 Å². The first-order chi connectivity index (χ1) is 11.1. The fourth-order valence-electron chi connectivity index (χ4n) is 3.58. The van der Waals surface area contributed by atoms with Crippen LogP contribution in [0.15, 0.2) is 24.3 Å². The van der Waals surface area contributed by atoms with Gasteiger partial charge in [-0.25, -0.2) is 0 Å². The third kappa shape index (κ3) is 2.72. The number of aliphatic hydroxyl groups excluding tert-OH is 2. The summed E-state index contributed by atoms with van der Waals surface area (Å²) in [4.78, 5) is 14.6. The Kier molecular flexibility index (Phi) is 4.37. The number of carbonyl (C=O) groups excluding carboxylic acids is 1. The molecule has 2 heterocycles. The molecule has 0 spiro atoms. The molecule has 1 aliphatic rings. The van der Waals surface area contributed by atoms with Crippen LogP contribution in [-0.2, 0) is 0 Å². The van der Waals surface area contributed by atoms with E-state index >= 15 is 0 Å². The van der Waals surface area contributed by atoms with Crippen LogP contribution in [0.4, 0.5) is 0 Å². The molecule has 0 radical (unpaired) electrons. The monoisotopic (exact) mass is 317 g/mol. The van der Waals surface area contributed by atoms with Gasteiger partial charge < -0.3 is 15.1 Å². The number of likely N-dealkylation sites (tertiary alicyclic amines) is 1. The van der Waals surface area contributed by atoms with Crippen molar-refractivity contribution in [1.29, 1.82) is 0 Å². The topological polar surface area (TPSA) is 89.5 Å². The maximum atomic E-state index is 12.9. The Bertz CT molecular complexity index is 699. The lowest BCUT2D eigenvalue weighted by atomic mass is 9.74. The quantitative estimate of drug-likeness (QED) is 0.798. The lowest BCUT2D eigenvalue weighted by Crippen LogP contribution is -2.55. The molecule has 0 saturated carbocycles. The molecule has 0 unspecified atom stereocenters. The molecule has 0 aliphatic carbocycles. The zero-order chi connectivity index (χ0) is 16.4. The SMILES string of the molecule is CCC[C@@]1(CO)CN(C(=O)c2n[nH]c3ccccc23)CC[C@H]1O. The van der Waals surface area contributed by atoms with Crippen molar-refractivity contribution in [2.45, 2.75) is 32.3 Å². The minimum Gasteiger partial charge on any atom is -0.396 e. The van der Waals surface area contributed by atoms with E-state index < -0.39 is 11.5 Å². The number of hydrogen-bond donors (Lipinski definition) is 3. The molecule has 0 bridgehead atoms. The van der Waals surface area contributed by atoms with Crippen LogP contribution in [0.1, 0.15) is 36.7 Å². The zero-order valence-electron chi connectivity index (χ0n) is 13.3. The van der Waals surface area contributed by atoms with Crippen LogP contribution in [0.5, 0.6) is 0 Å². The molecule has 1 aliphatic heterocycles. The van der Waals surface area contributed by atoms with Gasteiger partial charge in [0.05, 0.1) is 18.2 Å². The second kappa shape index (κ2) is 6.29. The van der Waals surface area contributed by atoms with Crippen molar-refractivity contribution in [3.05, 3.63) is 30.0 Å². The summed E-state index contributed by atoms with van der Waals surface area (Å²) in [6, 6.07) is 7.53. The number of piperidine rings is 1. The highest BCUT2D eigenvalue weighted by molar-refractivity contribution is 6.04. The normalized spacial score (nSPS) is 25.0. The minimum atomic E-state index is -0.630. The van der Waals surface area contributed by atoms with Gasteiger partial charge in [-0.15, -0.1) is 0 Å². The fraction of sp³-hybridized carbons (Fsp3) is 0.529. The van der Waals surface area contributed by atoms with Crippen molar-refractivity contribution in [1.82, 2.24) is 15.1 Å². The highest BCUT2D eigenvalue weighted by Crippen LogP contribution is 2.35. The molecule has 1 fully saturated rings. The number of fused-ring (bicyclic) bond motifs is 1. The van der Waals surface area contributed by atoms with Gasteiger partial charge in [-0.1, -0.05) is 31.5 Å². The molecule has 6 heteroatoms. The smallest absolute Gasteiger partial charge is 0.275 e. The van der Waals surface area contributed by atoms with Crippen LogP contribution >= 0.6 is 0 Å². The van der Waals surface area contributed by atoms with E-state index in [-0.39, 0.29) is 12.5 Å². The second-order valence-electron chi connectivity index (χ2n) is 6.42. The zero-order valence-corrected chi connectivity index (χ0v) is 13.3. The standard InChI is InChI=1S/C17H23N3O3/c1-2-8-17(11-21)10-20(9-7-14(17)22)16(23)15-12-5-3-4-6-13(12)18-19-15/h3-6,14,21-22H,2,7-11H2,1H3,(H,18,19)/t14-,17+/m1/s1. The molecule has 3 N–H and O–H groups in total. The van der Waals surface area contributed by atoms with Crippen molar-refractivity contribution in [2.75, 3.05) is 19.7 Å². The number of nitrogens with zero attached hydrogens (tertiary/aromatic N) is 2. The Morgan fingerprint density at radius 1 is 1.48 bits per heavy atom. The lowest BCUT2D eigenvalue weighted by molar-refractivity contribution is -0.0720. The summed E-state index contributed by atoms with van der Waals surface area (Å²) in [5.41, 5.74) is 0.601. The van der Waals surface area contributed by atoms with Gasteiger partial charge in [-0.05, 0) is 18.9 Å². The van der Waals surface area contributed by atoms with E-state index in [0.29, 0.717) is 31.6 Å². The number of para-hydroxylation sites is 1. The van der Waals surface area contributed by atoms with Crippen LogP contribution in [0.2, 0.25) is 0 Å². The summed E-state index contributed by atoms with van der Waals surface area (Å²) in [5, 5.41) is 28.0. The summed E-state index contributed by atoms with van der Waals surface area (Å²) < 4.78 is 0. The molecular formula is C17H23N3O3. The number of benzene rings is 1. The Balaban J connectivity index is 1.88. The highest BCUT2D eigenvalue weighted by atomic mass is 16.3. The molecule has 1 amide bonds. The number of aromatic nitrogens is 2. The van der Waals surface area contributed by atoms with Gasteiger partial charge in [-0.3, -0.25) is 9.89 Å². The van der Waals surface area contributed by atoms with Gasteiger partial charge in [-0.2, -0.15) is 5.10 Å². The van der Waals surface area contributed by atoms with E-state index in [9.17, 15) is 15.0 Å². The molecule has 124 valence electrons. The van der Waals surface area contributed by atoms with E-state index in [0.717, 1.165) is 17.3 Å². The van der Waals surface area contributed by atoms with Gasteiger partial charge in [0.15, 0.2) is 5.69 Å². The number of carbonyl (C=O) groups is 1. The van der Waals surface area contributed by atoms with Gasteiger partial charge in [0.25, 0.3) is 5.91 Å². The van der Waals surface area contributed by atoms with Gasteiger partial charge in [0.1, 0.15) is 0 Å². The van der Waals surface area contributed by atoms with E-state index in [1.807, 2.05) is 31.2 Å². The number of aromatic amines is 1. The molecule has 1 aromatic carbocycles. The second-order valence-corrected chi connectivity index (χ2v) is 6.42. The van der Waals surface area contributed by atoms with Crippen molar-refractivity contribution in [3.8, 4) is 0 Å². The van der Waals surface area contributed by atoms with E-state index in [2.05, 4.69) is 10.2 Å². The number of aliphatic hydroxyl groups is 2. The average molecular weight is 317 g/mol. The van der Waals surface area contributed by atoms with Crippen molar-refractivity contribution >= 4 is 16.8 Å². The van der Waals surface area contributed by atoms with Crippen molar-refractivity contribution in [3.63, 3.8) is 0 Å². The van der Waals surface area contributed by atoms with Crippen molar-refractivity contribution < 1.29 is 15.0 Å². The van der Waals surface area contributed by atoms with Crippen LogP contribution in [0, 0.1) is 5.41 Å². The molecule has 1 aromatic heterocycles. The van der Waals surface area contributed by atoms with E-state index in [4.69, 9.17) is 0 Å². The van der Waals surface area contributed by atoms with Gasteiger partial charge in [0, 0.05) is 23.9 Å². The van der Waals surface area contributed by atoms with Crippen LogP contribution in [0.25, 0.3) is 10.9 Å². The Labute approximate surface area is 135 Å². The summed E-state index contributed by atoms with van der Waals surface area (Å²) in [5.74, 6) is -0.150. The summed E-state index contributed by atoms with van der Waals surface area (Å²) >= 11 is 0. The first kappa shape index (κ1) is 16.0. The molecular weight excluding hydrogens is 294 g/mol. The number of hydrogen-bond acceptors (Lipinski definition) is 4. The third-order valence-electron chi connectivity index (χ3n) is 4.91. The lowest BCUT2D eigenvalue weighted by Gasteiger charge is -2.45. The van der Waals surface area contributed by atoms with Crippen LogP contribution < -0.4 is 0 Å². The maximum Gasteiger partial charge on any atom is 0.275 e. The fourth-order valence-corrected chi connectivity index (χ4v) is 3.58. The Morgan fingerprint density at radius 3 is 3.00 bits per heavy atom.